The first kappa shape index (κ1) is 13.5. The molecule has 1 heterocycles. The first-order valence-electron chi connectivity index (χ1n) is 6.31. The molecule has 0 aliphatic carbocycles. The molecular formula is C15H19NO3. The van der Waals surface area contributed by atoms with Crippen molar-refractivity contribution in [2.45, 2.75) is 19.6 Å². The first-order valence-corrected chi connectivity index (χ1v) is 6.31. The van der Waals surface area contributed by atoms with Crippen LogP contribution in [0.15, 0.2) is 42.6 Å². The predicted molar refractivity (Wildman–Crippen MR) is 73.6 cm³/mol. The molecule has 1 aromatic heterocycles. The van der Waals surface area contributed by atoms with Gasteiger partial charge in [0.2, 0.25) is 0 Å². The van der Waals surface area contributed by atoms with Crippen molar-refractivity contribution in [3.05, 3.63) is 48.3 Å². The molecule has 1 aromatic carbocycles. The largest absolute Gasteiger partial charge is 0.493 e. The maximum absolute atomic E-state index is 9.61. The van der Waals surface area contributed by atoms with Gasteiger partial charge in [0.1, 0.15) is 6.61 Å². The summed E-state index contributed by atoms with van der Waals surface area (Å²) in [4.78, 5) is 0. The van der Waals surface area contributed by atoms with Crippen LogP contribution in [0.4, 0.5) is 0 Å². The summed E-state index contributed by atoms with van der Waals surface area (Å²) in [7, 11) is 1.62. The van der Waals surface area contributed by atoms with Crippen molar-refractivity contribution in [2.75, 3.05) is 13.7 Å². The average molecular weight is 261 g/mol. The third-order valence-corrected chi connectivity index (χ3v) is 2.95. The van der Waals surface area contributed by atoms with Gasteiger partial charge in [-0.25, -0.2) is 0 Å². The number of aliphatic hydroxyl groups excluding tert-OH is 1. The number of para-hydroxylation sites is 2. The van der Waals surface area contributed by atoms with Crippen LogP contribution in [-0.4, -0.2) is 23.4 Å². The third kappa shape index (κ3) is 3.29. The Hall–Kier alpha value is -1.94. The Morgan fingerprint density at radius 1 is 1.16 bits per heavy atom. The minimum absolute atomic E-state index is 0.471. The molecule has 2 rings (SSSR count). The number of nitrogens with zero attached hydrogens (tertiary/aromatic N) is 1. The minimum atomic E-state index is -0.471. The molecule has 1 N–H and O–H groups in total. The Bertz CT molecular complexity index is 520. The van der Waals surface area contributed by atoms with E-state index < -0.39 is 6.10 Å². The van der Waals surface area contributed by atoms with Gasteiger partial charge in [-0.05, 0) is 31.2 Å². The summed E-state index contributed by atoms with van der Waals surface area (Å²) in [5, 5.41) is 9.61. The molecule has 0 radical (unpaired) electrons. The molecule has 1 unspecified atom stereocenters. The fourth-order valence-electron chi connectivity index (χ4n) is 2.00. The van der Waals surface area contributed by atoms with Crippen molar-refractivity contribution in [3.8, 4) is 11.5 Å². The fraction of sp³-hybridized carbons (Fsp3) is 0.333. The highest BCUT2D eigenvalue weighted by Crippen LogP contribution is 2.25. The maximum Gasteiger partial charge on any atom is 0.161 e. The van der Waals surface area contributed by atoms with Crippen molar-refractivity contribution in [2.24, 2.45) is 0 Å². The molecule has 19 heavy (non-hydrogen) atoms. The molecule has 4 heteroatoms. The number of aromatic nitrogens is 1. The van der Waals surface area contributed by atoms with E-state index >= 15 is 0 Å². The van der Waals surface area contributed by atoms with E-state index in [9.17, 15) is 5.11 Å². The van der Waals surface area contributed by atoms with Gasteiger partial charge in [-0.2, -0.15) is 0 Å². The number of hydrogen-bond donors (Lipinski definition) is 1. The van der Waals surface area contributed by atoms with Crippen LogP contribution in [0.3, 0.4) is 0 Å². The summed E-state index contributed by atoms with van der Waals surface area (Å²) in [5.41, 5.74) is 0.892. The average Bonchev–Trinajstić information content (AvgIpc) is 2.88. The van der Waals surface area contributed by atoms with Crippen molar-refractivity contribution < 1.29 is 14.6 Å². The Kier molecular flexibility index (Phi) is 4.47. The Morgan fingerprint density at radius 2 is 1.89 bits per heavy atom. The second kappa shape index (κ2) is 6.29. The second-order valence-corrected chi connectivity index (χ2v) is 4.30. The van der Waals surface area contributed by atoms with E-state index in [2.05, 4.69) is 0 Å². The van der Waals surface area contributed by atoms with Gasteiger partial charge >= 0.3 is 0 Å². The van der Waals surface area contributed by atoms with Crippen LogP contribution in [0.5, 0.6) is 11.5 Å². The topological polar surface area (TPSA) is 43.6 Å². The van der Waals surface area contributed by atoms with Crippen LogP contribution in [-0.2, 0) is 6.54 Å². The van der Waals surface area contributed by atoms with Gasteiger partial charge in [0.05, 0.1) is 19.8 Å². The molecule has 0 spiro atoms. The molecule has 0 saturated carbocycles. The van der Waals surface area contributed by atoms with E-state index in [0.717, 1.165) is 17.2 Å². The van der Waals surface area contributed by atoms with E-state index in [1.165, 1.54) is 0 Å². The summed E-state index contributed by atoms with van der Waals surface area (Å²) in [6.45, 7) is 2.97. The molecule has 102 valence electrons. The van der Waals surface area contributed by atoms with Gasteiger partial charge in [0.15, 0.2) is 11.5 Å². The Morgan fingerprint density at radius 3 is 2.58 bits per heavy atom. The van der Waals surface area contributed by atoms with E-state index in [-0.39, 0.29) is 0 Å². The standard InChI is InChI=1S/C15H19NO3/c1-12(17)13-6-5-9-16(13)10-11-19-15-8-4-3-7-14(15)18-2/h3-9,12,17H,10-11H2,1-2H3. The molecule has 0 aliphatic rings. The molecule has 0 bridgehead atoms. The van der Waals surface area contributed by atoms with Gasteiger partial charge < -0.3 is 19.1 Å². The maximum atomic E-state index is 9.61. The number of hydrogen-bond acceptors (Lipinski definition) is 3. The number of methoxy groups -OCH3 is 1. The smallest absolute Gasteiger partial charge is 0.161 e. The molecule has 0 fully saturated rings. The van der Waals surface area contributed by atoms with Gasteiger partial charge in [-0.1, -0.05) is 12.1 Å². The quantitative estimate of drug-likeness (QED) is 0.869. The second-order valence-electron chi connectivity index (χ2n) is 4.30. The lowest BCUT2D eigenvalue weighted by atomic mass is 10.3. The van der Waals surface area contributed by atoms with E-state index in [1.807, 2.05) is 47.2 Å². The SMILES string of the molecule is COc1ccccc1OCCn1cccc1C(C)O. The highest BCUT2D eigenvalue weighted by Gasteiger charge is 2.07. The zero-order valence-electron chi connectivity index (χ0n) is 11.2. The van der Waals surface area contributed by atoms with Crippen molar-refractivity contribution >= 4 is 0 Å². The lowest BCUT2D eigenvalue weighted by Gasteiger charge is -2.13. The molecule has 0 saturated heterocycles. The van der Waals surface area contributed by atoms with Crippen LogP contribution in [0.25, 0.3) is 0 Å². The number of aliphatic hydroxyl groups is 1. The highest BCUT2D eigenvalue weighted by atomic mass is 16.5. The van der Waals surface area contributed by atoms with Crippen LogP contribution < -0.4 is 9.47 Å². The van der Waals surface area contributed by atoms with E-state index in [4.69, 9.17) is 9.47 Å². The van der Waals surface area contributed by atoms with Crippen molar-refractivity contribution in [1.82, 2.24) is 4.57 Å². The molecule has 0 amide bonds. The monoisotopic (exact) mass is 261 g/mol. The molecule has 2 aromatic rings. The lowest BCUT2D eigenvalue weighted by molar-refractivity contribution is 0.186. The van der Waals surface area contributed by atoms with Gasteiger partial charge in [0.25, 0.3) is 0 Å². The van der Waals surface area contributed by atoms with Crippen molar-refractivity contribution in [1.29, 1.82) is 0 Å². The molecule has 0 aliphatic heterocycles. The number of ether oxygens (including phenoxy) is 2. The van der Waals surface area contributed by atoms with Gasteiger partial charge in [-0.15, -0.1) is 0 Å². The number of rotatable bonds is 6. The summed E-state index contributed by atoms with van der Waals surface area (Å²) in [5.74, 6) is 1.46. The van der Waals surface area contributed by atoms with Crippen LogP contribution in [0, 0.1) is 0 Å². The molecule has 4 nitrogen and oxygen atoms in total. The summed E-state index contributed by atoms with van der Waals surface area (Å²) < 4.78 is 12.9. The van der Waals surface area contributed by atoms with Crippen molar-refractivity contribution in [3.63, 3.8) is 0 Å². The van der Waals surface area contributed by atoms with Crippen LogP contribution >= 0.6 is 0 Å². The van der Waals surface area contributed by atoms with Gasteiger partial charge in [-0.3, -0.25) is 0 Å². The normalized spacial score (nSPS) is 12.2. The molecule has 1 atom stereocenters. The lowest BCUT2D eigenvalue weighted by Crippen LogP contribution is -2.11. The minimum Gasteiger partial charge on any atom is -0.493 e. The Labute approximate surface area is 113 Å². The molecular weight excluding hydrogens is 242 g/mol. The van der Waals surface area contributed by atoms with Gasteiger partial charge in [0, 0.05) is 11.9 Å². The summed E-state index contributed by atoms with van der Waals surface area (Å²) in [6.07, 6.45) is 1.47. The van der Waals surface area contributed by atoms with E-state index in [0.29, 0.717) is 13.2 Å². The fourth-order valence-corrected chi connectivity index (χ4v) is 2.00. The van der Waals surface area contributed by atoms with Crippen LogP contribution in [0.2, 0.25) is 0 Å². The van der Waals surface area contributed by atoms with E-state index in [1.54, 1.807) is 14.0 Å². The zero-order valence-corrected chi connectivity index (χ0v) is 11.2. The summed E-state index contributed by atoms with van der Waals surface area (Å²) >= 11 is 0. The zero-order chi connectivity index (χ0) is 13.7. The highest BCUT2D eigenvalue weighted by molar-refractivity contribution is 5.39. The first-order chi connectivity index (χ1) is 9.22. The third-order valence-electron chi connectivity index (χ3n) is 2.95. The van der Waals surface area contributed by atoms with Crippen LogP contribution in [0.1, 0.15) is 18.7 Å². The Balaban J connectivity index is 1.95. The number of benzene rings is 1. The predicted octanol–water partition coefficient (Wildman–Crippen LogP) is 2.63. The summed E-state index contributed by atoms with van der Waals surface area (Å²) in [6, 6.07) is 11.4.